The smallest absolute Gasteiger partial charge is 0.255 e. The summed E-state index contributed by atoms with van der Waals surface area (Å²) in [6.07, 6.45) is 1.27. The maximum atomic E-state index is 13.0. The Bertz CT molecular complexity index is 853. The molecule has 1 unspecified atom stereocenters. The predicted molar refractivity (Wildman–Crippen MR) is 116 cm³/mol. The van der Waals surface area contributed by atoms with Crippen LogP contribution in [0, 0.1) is 5.82 Å². The van der Waals surface area contributed by atoms with Gasteiger partial charge in [0.1, 0.15) is 11.4 Å². The van der Waals surface area contributed by atoms with Crippen molar-refractivity contribution in [2.75, 3.05) is 25.5 Å². The van der Waals surface area contributed by atoms with Gasteiger partial charge in [-0.2, -0.15) is 0 Å². The lowest BCUT2D eigenvalue weighted by molar-refractivity contribution is -0.147. The number of halogens is 2. The minimum absolute atomic E-state index is 0. The molecule has 162 valence electrons. The Hall–Kier alpha value is -2.48. The van der Waals surface area contributed by atoms with Gasteiger partial charge in [0.25, 0.3) is 11.8 Å². The van der Waals surface area contributed by atoms with Gasteiger partial charge in [-0.25, -0.2) is 4.39 Å². The van der Waals surface area contributed by atoms with Crippen LogP contribution in [0.5, 0.6) is 0 Å². The molecule has 1 heterocycles. The molecule has 3 rings (SSSR count). The van der Waals surface area contributed by atoms with Crippen LogP contribution in [0.2, 0.25) is 0 Å². The number of methoxy groups -OCH3 is 1. The van der Waals surface area contributed by atoms with Gasteiger partial charge in [-0.3, -0.25) is 9.59 Å². The number of carbonyl (C=O) groups is 2. The molecule has 3 N–H and O–H groups in total. The quantitative estimate of drug-likeness (QED) is 0.649. The second-order valence-electron chi connectivity index (χ2n) is 7.23. The molecule has 1 fully saturated rings. The van der Waals surface area contributed by atoms with Crippen LogP contribution in [0.25, 0.3) is 0 Å². The fraction of sp³-hybridized carbons (Fsp3) is 0.364. The molecule has 0 aromatic heterocycles. The number of ether oxygens (including phenoxy) is 1. The first-order valence-corrected chi connectivity index (χ1v) is 9.67. The van der Waals surface area contributed by atoms with Crippen molar-refractivity contribution in [2.45, 2.75) is 31.4 Å². The van der Waals surface area contributed by atoms with Crippen molar-refractivity contribution in [1.82, 2.24) is 10.6 Å². The number of nitrogens with one attached hydrogen (secondary N) is 3. The average Bonchev–Trinajstić information content (AvgIpc) is 2.75. The van der Waals surface area contributed by atoms with Crippen LogP contribution in [-0.4, -0.2) is 37.6 Å². The number of hydrogen-bond donors (Lipinski definition) is 3. The Balaban J connectivity index is 0.00000320. The SMILES string of the molecule is COC1(C(=O)NC(C)c2ccc(NC(=O)c3ccc(F)cc3)cc2)CCNCC1.Cl. The number of hydrogen-bond acceptors (Lipinski definition) is 4. The van der Waals surface area contributed by atoms with Gasteiger partial charge in [0, 0.05) is 18.4 Å². The van der Waals surface area contributed by atoms with Crippen molar-refractivity contribution in [3.05, 3.63) is 65.5 Å². The van der Waals surface area contributed by atoms with E-state index in [1.165, 1.54) is 24.3 Å². The summed E-state index contributed by atoms with van der Waals surface area (Å²) in [5.41, 5.74) is 1.12. The number of carbonyl (C=O) groups excluding carboxylic acids is 2. The fourth-order valence-corrected chi connectivity index (χ4v) is 3.43. The second-order valence-corrected chi connectivity index (χ2v) is 7.23. The lowest BCUT2D eigenvalue weighted by Crippen LogP contribution is -2.54. The third-order valence-electron chi connectivity index (χ3n) is 5.34. The van der Waals surface area contributed by atoms with Gasteiger partial charge in [-0.1, -0.05) is 12.1 Å². The van der Waals surface area contributed by atoms with Crippen molar-refractivity contribution in [2.24, 2.45) is 0 Å². The third-order valence-corrected chi connectivity index (χ3v) is 5.34. The first-order valence-electron chi connectivity index (χ1n) is 9.67. The van der Waals surface area contributed by atoms with Crippen LogP contribution >= 0.6 is 12.4 Å². The van der Waals surface area contributed by atoms with E-state index >= 15 is 0 Å². The van der Waals surface area contributed by atoms with Gasteiger partial charge < -0.3 is 20.7 Å². The van der Waals surface area contributed by atoms with E-state index in [0.29, 0.717) is 24.1 Å². The van der Waals surface area contributed by atoms with Gasteiger partial charge in [0.15, 0.2) is 0 Å². The van der Waals surface area contributed by atoms with Crippen molar-refractivity contribution in [3.63, 3.8) is 0 Å². The van der Waals surface area contributed by atoms with Crippen molar-refractivity contribution < 1.29 is 18.7 Å². The van der Waals surface area contributed by atoms with Gasteiger partial charge in [0.05, 0.1) is 6.04 Å². The first kappa shape index (κ1) is 23.8. The lowest BCUT2D eigenvalue weighted by Gasteiger charge is -2.35. The van der Waals surface area contributed by atoms with Crippen LogP contribution in [0.1, 0.15) is 41.7 Å². The highest BCUT2D eigenvalue weighted by molar-refractivity contribution is 6.04. The molecule has 1 atom stereocenters. The van der Waals surface area contributed by atoms with Crippen LogP contribution in [0.3, 0.4) is 0 Å². The summed E-state index contributed by atoms with van der Waals surface area (Å²) >= 11 is 0. The van der Waals surface area contributed by atoms with Crippen LogP contribution in [0.15, 0.2) is 48.5 Å². The predicted octanol–water partition coefficient (Wildman–Crippen LogP) is 3.45. The number of amides is 2. The summed E-state index contributed by atoms with van der Waals surface area (Å²) in [7, 11) is 1.58. The number of piperidine rings is 1. The van der Waals surface area contributed by atoms with Gasteiger partial charge in [0.2, 0.25) is 0 Å². The van der Waals surface area contributed by atoms with E-state index in [1.807, 2.05) is 19.1 Å². The van der Waals surface area contributed by atoms with Crippen molar-refractivity contribution in [1.29, 1.82) is 0 Å². The number of benzene rings is 2. The molecule has 6 nitrogen and oxygen atoms in total. The van der Waals surface area contributed by atoms with Gasteiger partial charge >= 0.3 is 0 Å². The molecule has 0 radical (unpaired) electrons. The summed E-state index contributed by atoms with van der Waals surface area (Å²) in [5.74, 6) is -0.809. The van der Waals surface area contributed by atoms with Crippen molar-refractivity contribution in [3.8, 4) is 0 Å². The molecule has 8 heteroatoms. The molecule has 1 aliphatic heterocycles. The maximum Gasteiger partial charge on any atom is 0.255 e. The van der Waals surface area contributed by atoms with Crippen molar-refractivity contribution >= 4 is 29.9 Å². The highest BCUT2D eigenvalue weighted by Crippen LogP contribution is 2.25. The Morgan fingerprint density at radius 2 is 1.67 bits per heavy atom. The fourth-order valence-electron chi connectivity index (χ4n) is 3.43. The highest BCUT2D eigenvalue weighted by Gasteiger charge is 2.40. The summed E-state index contributed by atoms with van der Waals surface area (Å²) in [6.45, 7) is 3.41. The minimum atomic E-state index is -0.789. The number of rotatable bonds is 6. The highest BCUT2D eigenvalue weighted by atomic mass is 35.5. The van der Waals surface area contributed by atoms with E-state index in [9.17, 15) is 14.0 Å². The zero-order valence-corrected chi connectivity index (χ0v) is 17.9. The Kier molecular flexibility index (Phi) is 8.34. The standard InChI is InChI=1S/C22H26FN3O3.ClH/c1-15(25-21(28)22(29-2)11-13-24-14-12-22)16-5-9-19(10-6-16)26-20(27)17-3-7-18(23)8-4-17;/h3-10,15,24H,11-14H2,1-2H3,(H,25,28)(H,26,27);1H. The van der Waals surface area contributed by atoms with E-state index in [-0.39, 0.29) is 36.1 Å². The van der Waals surface area contributed by atoms with E-state index in [0.717, 1.165) is 18.7 Å². The normalized spacial score (nSPS) is 16.1. The molecule has 0 bridgehead atoms. The summed E-state index contributed by atoms with van der Waals surface area (Å²) < 4.78 is 18.5. The second kappa shape index (κ2) is 10.5. The van der Waals surface area contributed by atoms with Crippen LogP contribution < -0.4 is 16.0 Å². The van der Waals surface area contributed by atoms with Crippen LogP contribution in [-0.2, 0) is 9.53 Å². The molecule has 2 aromatic carbocycles. The van der Waals surface area contributed by atoms with Gasteiger partial charge in [-0.05, 0) is 74.8 Å². The van der Waals surface area contributed by atoms with E-state index < -0.39 is 5.60 Å². The Morgan fingerprint density at radius 1 is 1.07 bits per heavy atom. The Labute approximate surface area is 182 Å². The molecule has 2 amide bonds. The molecule has 0 spiro atoms. The van der Waals surface area contributed by atoms with Gasteiger partial charge in [-0.15, -0.1) is 12.4 Å². The molecule has 30 heavy (non-hydrogen) atoms. The molecular formula is C22H27ClFN3O3. The zero-order chi connectivity index (χ0) is 20.9. The van der Waals surface area contributed by atoms with E-state index in [4.69, 9.17) is 4.74 Å². The van der Waals surface area contributed by atoms with E-state index in [2.05, 4.69) is 16.0 Å². The average molecular weight is 436 g/mol. The Morgan fingerprint density at radius 3 is 2.23 bits per heavy atom. The van der Waals surface area contributed by atoms with Crippen LogP contribution in [0.4, 0.5) is 10.1 Å². The summed E-state index contributed by atoms with van der Waals surface area (Å²) in [4.78, 5) is 25.0. The van der Waals surface area contributed by atoms with E-state index in [1.54, 1.807) is 19.2 Å². The summed E-state index contributed by atoms with van der Waals surface area (Å²) in [6, 6.07) is 12.4. The molecule has 0 aliphatic carbocycles. The zero-order valence-electron chi connectivity index (χ0n) is 17.0. The molecular weight excluding hydrogens is 409 g/mol. The molecule has 2 aromatic rings. The maximum absolute atomic E-state index is 13.0. The lowest BCUT2D eigenvalue weighted by atomic mass is 9.90. The first-order chi connectivity index (χ1) is 13.9. The monoisotopic (exact) mass is 435 g/mol. The molecule has 0 saturated carbocycles. The minimum Gasteiger partial charge on any atom is -0.368 e. The number of anilines is 1. The summed E-state index contributed by atoms with van der Waals surface area (Å²) in [5, 5.41) is 9.05. The largest absolute Gasteiger partial charge is 0.368 e. The molecule has 1 saturated heterocycles. The topological polar surface area (TPSA) is 79.5 Å². The molecule has 1 aliphatic rings. The third kappa shape index (κ3) is 5.56.